The van der Waals surface area contributed by atoms with E-state index in [4.69, 9.17) is 10.6 Å². The molecule has 0 spiro atoms. The number of hydrazine groups is 1. The number of hydrogen-bond donors (Lipinski definition) is 2. The maximum absolute atomic E-state index is 12.1. The predicted molar refractivity (Wildman–Crippen MR) is 71.5 cm³/mol. The number of nitrogens with one attached hydrogen (secondary N) is 1. The van der Waals surface area contributed by atoms with E-state index in [1.165, 1.54) is 12.1 Å². The Morgan fingerprint density at radius 2 is 2.05 bits per heavy atom. The summed E-state index contributed by atoms with van der Waals surface area (Å²) in [4.78, 5) is 0. The number of hydrogen-bond acceptors (Lipinski definition) is 4. The molecule has 3 atom stereocenters. The number of halogens is 3. The fourth-order valence-corrected chi connectivity index (χ4v) is 2.69. The van der Waals surface area contributed by atoms with Crippen molar-refractivity contribution in [1.82, 2.24) is 5.43 Å². The summed E-state index contributed by atoms with van der Waals surface area (Å²) in [5.41, 5.74) is 3.68. The van der Waals surface area contributed by atoms with Gasteiger partial charge in [-0.3, -0.25) is 11.3 Å². The van der Waals surface area contributed by atoms with Gasteiger partial charge in [0, 0.05) is 18.6 Å². The van der Waals surface area contributed by atoms with Crippen LogP contribution >= 0.6 is 0 Å². The summed E-state index contributed by atoms with van der Waals surface area (Å²) in [7, 11) is 0. The minimum atomic E-state index is -4.67. The average Bonchev–Trinajstić information content (AvgIpc) is 2.82. The van der Waals surface area contributed by atoms with Gasteiger partial charge in [-0.05, 0) is 37.5 Å². The number of rotatable bonds is 5. The Morgan fingerprint density at radius 1 is 1.38 bits per heavy atom. The molecule has 0 aromatic heterocycles. The van der Waals surface area contributed by atoms with Crippen LogP contribution in [0.5, 0.6) is 5.75 Å². The van der Waals surface area contributed by atoms with Gasteiger partial charge in [0.05, 0.1) is 6.10 Å². The van der Waals surface area contributed by atoms with Crippen molar-refractivity contribution in [2.24, 2.45) is 11.8 Å². The second kappa shape index (κ2) is 6.64. The minimum Gasteiger partial charge on any atom is -0.406 e. The molecule has 1 aliphatic heterocycles. The van der Waals surface area contributed by atoms with Crippen LogP contribution in [0.1, 0.15) is 18.9 Å². The summed E-state index contributed by atoms with van der Waals surface area (Å²) in [5.74, 6) is 5.67. The van der Waals surface area contributed by atoms with Gasteiger partial charge in [0.25, 0.3) is 0 Å². The van der Waals surface area contributed by atoms with E-state index in [2.05, 4.69) is 10.2 Å². The van der Waals surface area contributed by atoms with Gasteiger partial charge in [-0.15, -0.1) is 13.2 Å². The lowest BCUT2D eigenvalue weighted by molar-refractivity contribution is -0.274. The van der Waals surface area contributed by atoms with Crippen LogP contribution < -0.4 is 16.0 Å². The van der Waals surface area contributed by atoms with E-state index in [1.54, 1.807) is 12.1 Å². The molecular weight excluding hydrogens is 285 g/mol. The maximum atomic E-state index is 12.1. The zero-order valence-electron chi connectivity index (χ0n) is 11.7. The van der Waals surface area contributed by atoms with Crippen LogP contribution in [0.4, 0.5) is 13.2 Å². The summed E-state index contributed by atoms with van der Waals surface area (Å²) < 4.78 is 45.6. The normalized spacial score (nSPS) is 24.0. The van der Waals surface area contributed by atoms with Crippen LogP contribution in [-0.2, 0) is 11.2 Å². The Hall–Kier alpha value is -1.31. The standard InChI is InChI=1S/C14H19F3N2O2/c1-9-12(6-7-20-9)13(19-18)8-10-2-4-11(5-3-10)21-14(15,16)17/h2-5,9,12-13,19H,6-8,18H2,1H3. The summed E-state index contributed by atoms with van der Waals surface area (Å²) in [5, 5.41) is 0. The van der Waals surface area contributed by atoms with Crippen molar-refractivity contribution in [3.05, 3.63) is 29.8 Å². The van der Waals surface area contributed by atoms with Crippen molar-refractivity contribution >= 4 is 0 Å². The van der Waals surface area contributed by atoms with Crippen LogP contribution in [0.15, 0.2) is 24.3 Å². The smallest absolute Gasteiger partial charge is 0.406 e. The summed E-state index contributed by atoms with van der Waals surface area (Å²) in [6.07, 6.45) is -3.00. The predicted octanol–water partition coefficient (Wildman–Crippen LogP) is 2.38. The molecule has 1 aliphatic rings. The van der Waals surface area contributed by atoms with E-state index in [-0.39, 0.29) is 17.9 Å². The lowest BCUT2D eigenvalue weighted by Crippen LogP contribution is -2.44. The second-order valence-corrected chi connectivity index (χ2v) is 5.20. The summed E-state index contributed by atoms with van der Waals surface area (Å²) in [6.45, 7) is 2.71. The molecule has 0 saturated carbocycles. The van der Waals surface area contributed by atoms with E-state index in [0.29, 0.717) is 18.9 Å². The van der Waals surface area contributed by atoms with Gasteiger partial charge in [-0.1, -0.05) is 12.1 Å². The van der Waals surface area contributed by atoms with E-state index >= 15 is 0 Å². The SMILES string of the molecule is CC1OCCC1C(Cc1ccc(OC(F)(F)F)cc1)NN. The largest absolute Gasteiger partial charge is 0.573 e. The Labute approximate surface area is 121 Å². The number of alkyl halides is 3. The van der Waals surface area contributed by atoms with Gasteiger partial charge < -0.3 is 9.47 Å². The molecule has 1 aromatic carbocycles. The highest BCUT2D eigenvalue weighted by molar-refractivity contribution is 5.28. The molecule has 0 bridgehead atoms. The third kappa shape index (κ3) is 4.59. The Bertz CT molecular complexity index is 451. The Kier molecular flexibility index (Phi) is 5.08. The molecule has 1 heterocycles. The molecule has 0 aliphatic carbocycles. The van der Waals surface area contributed by atoms with Crippen LogP contribution in [0.25, 0.3) is 0 Å². The van der Waals surface area contributed by atoms with Gasteiger partial charge >= 0.3 is 6.36 Å². The topological polar surface area (TPSA) is 56.5 Å². The van der Waals surface area contributed by atoms with E-state index < -0.39 is 6.36 Å². The number of benzene rings is 1. The first kappa shape index (κ1) is 16.1. The molecule has 118 valence electrons. The lowest BCUT2D eigenvalue weighted by atomic mass is 9.89. The van der Waals surface area contributed by atoms with Crippen LogP contribution in [-0.4, -0.2) is 25.1 Å². The van der Waals surface area contributed by atoms with Crippen LogP contribution in [0.2, 0.25) is 0 Å². The van der Waals surface area contributed by atoms with Crippen molar-refractivity contribution in [2.75, 3.05) is 6.61 Å². The zero-order valence-corrected chi connectivity index (χ0v) is 11.7. The molecule has 3 unspecified atom stereocenters. The van der Waals surface area contributed by atoms with Crippen molar-refractivity contribution in [1.29, 1.82) is 0 Å². The number of ether oxygens (including phenoxy) is 2. The van der Waals surface area contributed by atoms with Crippen LogP contribution in [0, 0.1) is 5.92 Å². The van der Waals surface area contributed by atoms with Gasteiger partial charge in [-0.2, -0.15) is 0 Å². The molecule has 1 fully saturated rings. The Balaban J connectivity index is 1.98. The summed E-state index contributed by atoms with van der Waals surface area (Å²) in [6, 6.07) is 5.88. The van der Waals surface area contributed by atoms with Crippen molar-refractivity contribution < 1.29 is 22.6 Å². The third-order valence-electron chi connectivity index (χ3n) is 3.78. The molecule has 0 radical (unpaired) electrons. The fourth-order valence-electron chi connectivity index (χ4n) is 2.69. The highest BCUT2D eigenvalue weighted by Crippen LogP contribution is 2.27. The molecule has 0 amide bonds. The average molecular weight is 304 g/mol. The maximum Gasteiger partial charge on any atom is 0.573 e. The first-order chi connectivity index (χ1) is 9.89. The minimum absolute atomic E-state index is 0.0249. The molecule has 2 rings (SSSR count). The molecule has 21 heavy (non-hydrogen) atoms. The van der Waals surface area contributed by atoms with Crippen LogP contribution in [0.3, 0.4) is 0 Å². The first-order valence-electron chi connectivity index (χ1n) is 6.81. The molecule has 4 nitrogen and oxygen atoms in total. The highest BCUT2D eigenvalue weighted by atomic mass is 19.4. The highest BCUT2D eigenvalue weighted by Gasteiger charge is 2.32. The zero-order chi connectivity index (χ0) is 15.5. The van der Waals surface area contributed by atoms with Crippen molar-refractivity contribution in [3.63, 3.8) is 0 Å². The fraction of sp³-hybridized carbons (Fsp3) is 0.571. The van der Waals surface area contributed by atoms with Gasteiger partial charge in [0.15, 0.2) is 0 Å². The van der Waals surface area contributed by atoms with Gasteiger partial charge in [0.1, 0.15) is 5.75 Å². The molecule has 7 heteroatoms. The Morgan fingerprint density at radius 3 is 2.52 bits per heavy atom. The number of nitrogens with two attached hydrogens (primary N) is 1. The molecule has 3 N–H and O–H groups in total. The van der Waals surface area contributed by atoms with E-state index in [1.807, 2.05) is 6.92 Å². The van der Waals surface area contributed by atoms with Gasteiger partial charge in [0.2, 0.25) is 0 Å². The van der Waals surface area contributed by atoms with Crippen molar-refractivity contribution in [2.45, 2.75) is 38.3 Å². The first-order valence-corrected chi connectivity index (χ1v) is 6.81. The van der Waals surface area contributed by atoms with E-state index in [9.17, 15) is 13.2 Å². The second-order valence-electron chi connectivity index (χ2n) is 5.20. The lowest BCUT2D eigenvalue weighted by Gasteiger charge is -2.25. The molecular formula is C14H19F3N2O2. The van der Waals surface area contributed by atoms with E-state index in [0.717, 1.165) is 12.0 Å². The summed E-state index contributed by atoms with van der Waals surface area (Å²) >= 11 is 0. The third-order valence-corrected chi connectivity index (χ3v) is 3.78. The molecule has 1 saturated heterocycles. The monoisotopic (exact) mass is 304 g/mol. The van der Waals surface area contributed by atoms with Crippen molar-refractivity contribution in [3.8, 4) is 5.75 Å². The van der Waals surface area contributed by atoms with Gasteiger partial charge in [-0.25, -0.2) is 0 Å². The quantitative estimate of drug-likeness (QED) is 0.648. The molecule has 1 aromatic rings.